The van der Waals surface area contributed by atoms with Gasteiger partial charge in [0.2, 0.25) is 5.91 Å². The van der Waals surface area contributed by atoms with Crippen molar-refractivity contribution in [1.29, 1.82) is 0 Å². The maximum absolute atomic E-state index is 11.7. The van der Waals surface area contributed by atoms with Crippen LogP contribution in [0.2, 0.25) is 0 Å². The highest BCUT2D eigenvalue weighted by molar-refractivity contribution is 5.86. The van der Waals surface area contributed by atoms with Crippen molar-refractivity contribution >= 4 is 11.9 Å². The van der Waals surface area contributed by atoms with E-state index in [1.807, 2.05) is 6.92 Å². The molecule has 1 unspecified atom stereocenters. The van der Waals surface area contributed by atoms with Crippen LogP contribution in [0.3, 0.4) is 0 Å². The lowest BCUT2D eigenvalue weighted by molar-refractivity contribution is -0.145. The van der Waals surface area contributed by atoms with E-state index in [1.54, 1.807) is 20.8 Å². The Hall–Kier alpha value is -1.14. The highest BCUT2D eigenvalue weighted by Crippen LogP contribution is 2.03. The van der Waals surface area contributed by atoms with E-state index in [2.05, 4.69) is 5.32 Å². The van der Waals surface area contributed by atoms with Gasteiger partial charge < -0.3 is 19.9 Å². The number of hydrogen-bond donors (Lipinski definition) is 2. The summed E-state index contributed by atoms with van der Waals surface area (Å²) in [6.45, 7) is 8.25. The number of carbonyl (C=O) groups excluding carboxylic acids is 1. The normalized spacial score (nSPS) is 14.3. The third-order valence-electron chi connectivity index (χ3n) is 2.40. The molecule has 1 amide bonds. The molecule has 0 aromatic heterocycles. The van der Waals surface area contributed by atoms with Gasteiger partial charge in [-0.05, 0) is 19.8 Å². The molecule has 0 spiro atoms. The Morgan fingerprint density at radius 3 is 2.28 bits per heavy atom. The predicted molar refractivity (Wildman–Crippen MR) is 66.3 cm³/mol. The summed E-state index contributed by atoms with van der Waals surface area (Å²) in [5.74, 6) is -1.64. The lowest BCUT2D eigenvalue weighted by Crippen LogP contribution is -2.48. The van der Waals surface area contributed by atoms with Crippen molar-refractivity contribution in [3.63, 3.8) is 0 Å². The van der Waals surface area contributed by atoms with Gasteiger partial charge in [-0.15, -0.1) is 0 Å². The zero-order valence-electron chi connectivity index (χ0n) is 11.4. The molecule has 0 bridgehead atoms. The Kier molecular flexibility index (Phi) is 8.32. The molecule has 2 atom stereocenters. The van der Waals surface area contributed by atoms with Crippen LogP contribution in [0.1, 0.15) is 27.7 Å². The first-order chi connectivity index (χ1) is 8.40. The molecule has 0 saturated heterocycles. The Balaban J connectivity index is 4.09. The Morgan fingerprint density at radius 1 is 1.22 bits per heavy atom. The lowest BCUT2D eigenvalue weighted by Gasteiger charge is -2.20. The van der Waals surface area contributed by atoms with E-state index in [9.17, 15) is 9.59 Å². The third-order valence-corrected chi connectivity index (χ3v) is 2.40. The summed E-state index contributed by atoms with van der Waals surface area (Å²) in [4.78, 5) is 22.6. The van der Waals surface area contributed by atoms with Crippen molar-refractivity contribution in [3.05, 3.63) is 0 Å². The summed E-state index contributed by atoms with van der Waals surface area (Å²) in [5.41, 5.74) is 0. The number of carboxylic acid groups (broad SMARTS) is 1. The van der Waals surface area contributed by atoms with Gasteiger partial charge in [0.15, 0.2) is 0 Å². The van der Waals surface area contributed by atoms with Gasteiger partial charge in [0.1, 0.15) is 12.1 Å². The summed E-state index contributed by atoms with van der Waals surface area (Å²) < 4.78 is 10.3. The van der Waals surface area contributed by atoms with E-state index in [0.717, 1.165) is 0 Å². The molecule has 106 valence electrons. The molecule has 0 saturated carbocycles. The second-order valence-electron chi connectivity index (χ2n) is 4.28. The summed E-state index contributed by atoms with van der Waals surface area (Å²) in [7, 11) is 0. The van der Waals surface area contributed by atoms with Crippen LogP contribution in [0.15, 0.2) is 0 Å². The Bertz CT molecular complexity index is 267. The molecular formula is C12H23NO5. The Morgan fingerprint density at radius 2 is 1.83 bits per heavy atom. The van der Waals surface area contributed by atoms with Crippen LogP contribution in [0.25, 0.3) is 0 Å². The molecule has 0 aliphatic carbocycles. The number of hydrogen-bond acceptors (Lipinski definition) is 4. The SMILES string of the molecule is CCOCCOC(C)C(=O)N[C@H](C(=O)O)C(C)C. The second kappa shape index (κ2) is 8.88. The molecule has 0 radical (unpaired) electrons. The number of ether oxygens (including phenoxy) is 2. The molecule has 0 fully saturated rings. The third kappa shape index (κ3) is 6.56. The molecular weight excluding hydrogens is 238 g/mol. The molecule has 0 aromatic carbocycles. The average molecular weight is 261 g/mol. The molecule has 0 aliphatic heterocycles. The lowest BCUT2D eigenvalue weighted by atomic mass is 10.0. The highest BCUT2D eigenvalue weighted by Gasteiger charge is 2.25. The quantitative estimate of drug-likeness (QED) is 0.595. The van der Waals surface area contributed by atoms with Crippen LogP contribution in [0.4, 0.5) is 0 Å². The van der Waals surface area contributed by atoms with Crippen LogP contribution in [0, 0.1) is 5.92 Å². The van der Waals surface area contributed by atoms with Crippen LogP contribution >= 0.6 is 0 Å². The molecule has 0 aromatic rings. The fraction of sp³-hybridized carbons (Fsp3) is 0.833. The number of carboxylic acids is 1. The molecule has 0 rings (SSSR count). The van der Waals surface area contributed by atoms with Crippen molar-refractivity contribution in [2.24, 2.45) is 5.92 Å². The Labute approximate surface area is 108 Å². The van der Waals surface area contributed by atoms with Crippen LogP contribution < -0.4 is 5.32 Å². The minimum absolute atomic E-state index is 0.179. The number of rotatable bonds is 9. The average Bonchev–Trinajstić information content (AvgIpc) is 2.30. The summed E-state index contributed by atoms with van der Waals surface area (Å²) in [6.07, 6.45) is -0.689. The van der Waals surface area contributed by atoms with Gasteiger partial charge in [-0.1, -0.05) is 13.8 Å². The first kappa shape index (κ1) is 16.9. The van der Waals surface area contributed by atoms with Gasteiger partial charge in [0.25, 0.3) is 0 Å². The predicted octanol–water partition coefficient (Wildman–Crippen LogP) is 0.653. The van der Waals surface area contributed by atoms with Crippen LogP contribution in [-0.4, -0.2) is 48.9 Å². The van der Waals surface area contributed by atoms with Crippen molar-refractivity contribution in [2.75, 3.05) is 19.8 Å². The summed E-state index contributed by atoms with van der Waals surface area (Å²) >= 11 is 0. The number of nitrogens with one attached hydrogen (secondary N) is 1. The topological polar surface area (TPSA) is 84.9 Å². The van der Waals surface area contributed by atoms with Crippen molar-refractivity contribution in [1.82, 2.24) is 5.32 Å². The van der Waals surface area contributed by atoms with Gasteiger partial charge in [-0.2, -0.15) is 0 Å². The molecule has 0 heterocycles. The summed E-state index contributed by atoms with van der Waals surface area (Å²) in [6, 6.07) is -0.893. The zero-order chi connectivity index (χ0) is 14.1. The molecule has 18 heavy (non-hydrogen) atoms. The van der Waals surface area contributed by atoms with Gasteiger partial charge in [0, 0.05) is 6.61 Å². The van der Waals surface area contributed by atoms with Crippen LogP contribution in [0.5, 0.6) is 0 Å². The molecule has 0 aliphatic rings. The second-order valence-corrected chi connectivity index (χ2v) is 4.28. The van der Waals surface area contributed by atoms with E-state index < -0.39 is 24.0 Å². The molecule has 2 N–H and O–H groups in total. The minimum Gasteiger partial charge on any atom is -0.480 e. The van der Waals surface area contributed by atoms with Crippen molar-refractivity contribution < 1.29 is 24.2 Å². The number of amides is 1. The van der Waals surface area contributed by atoms with E-state index in [4.69, 9.17) is 14.6 Å². The fourth-order valence-electron chi connectivity index (χ4n) is 1.29. The maximum atomic E-state index is 11.7. The van der Waals surface area contributed by atoms with Gasteiger partial charge in [0.05, 0.1) is 13.2 Å². The maximum Gasteiger partial charge on any atom is 0.326 e. The van der Waals surface area contributed by atoms with Gasteiger partial charge >= 0.3 is 5.97 Å². The fourth-order valence-corrected chi connectivity index (χ4v) is 1.29. The van der Waals surface area contributed by atoms with E-state index in [1.165, 1.54) is 0 Å². The van der Waals surface area contributed by atoms with E-state index in [-0.39, 0.29) is 5.92 Å². The van der Waals surface area contributed by atoms with Gasteiger partial charge in [-0.25, -0.2) is 4.79 Å². The highest BCUT2D eigenvalue weighted by atomic mass is 16.5. The zero-order valence-corrected chi connectivity index (χ0v) is 11.4. The minimum atomic E-state index is -1.04. The van der Waals surface area contributed by atoms with E-state index >= 15 is 0 Å². The summed E-state index contributed by atoms with van der Waals surface area (Å²) in [5, 5.41) is 11.4. The largest absolute Gasteiger partial charge is 0.480 e. The van der Waals surface area contributed by atoms with Crippen molar-refractivity contribution in [2.45, 2.75) is 39.8 Å². The van der Waals surface area contributed by atoms with Gasteiger partial charge in [-0.3, -0.25) is 4.79 Å². The standard InChI is InChI=1S/C12H23NO5/c1-5-17-6-7-18-9(4)11(14)13-10(8(2)3)12(15)16/h8-10H,5-7H2,1-4H3,(H,13,14)(H,15,16)/t9?,10-/m0/s1. The van der Waals surface area contributed by atoms with Crippen molar-refractivity contribution in [3.8, 4) is 0 Å². The first-order valence-electron chi connectivity index (χ1n) is 6.12. The number of carbonyl (C=O) groups is 2. The van der Waals surface area contributed by atoms with Crippen LogP contribution in [-0.2, 0) is 19.1 Å². The molecule has 6 nitrogen and oxygen atoms in total. The van der Waals surface area contributed by atoms with E-state index in [0.29, 0.717) is 19.8 Å². The monoisotopic (exact) mass is 261 g/mol. The number of aliphatic carboxylic acids is 1. The first-order valence-corrected chi connectivity index (χ1v) is 6.12. The molecule has 6 heteroatoms. The smallest absolute Gasteiger partial charge is 0.326 e.